The third kappa shape index (κ3) is 4.57. The van der Waals surface area contributed by atoms with Gasteiger partial charge >= 0.3 is 0 Å². The molecular weight excluding hydrogens is 266 g/mol. The highest BCUT2D eigenvalue weighted by Gasteiger charge is 2.08. The molecule has 1 unspecified atom stereocenters. The van der Waals surface area contributed by atoms with Gasteiger partial charge in [-0.1, -0.05) is 6.07 Å². The Balaban J connectivity index is 2.02. The van der Waals surface area contributed by atoms with Crippen LogP contribution in [0.4, 0.5) is 0 Å². The summed E-state index contributed by atoms with van der Waals surface area (Å²) in [5.74, 6) is 1.19. The van der Waals surface area contributed by atoms with E-state index >= 15 is 0 Å². The molecule has 0 bridgehead atoms. The normalized spacial score (nSPS) is 11.7. The summed E-state index contributed by atoms with van der Waals surface area (Å²) in [5.41, 5.74) is 0.574. The summed E-state index contributed by atoms with van der Waals surface area (Å²) >= 11 is 0. The highest BCUT2D eigenvalue weighted by molar-refractivity contribution is 5.94. The minimum absolute atomic E-state index is 0.114. The first-order chi connectivity index (χ1) is 10.2. The molecule has 0 fully saturated rings. The number of hydrogen-bond donors (Lipinski definition) is 2. The number of aromatic nitrogens is 1. The van der Waals surface area contributed by atoms with Crippen molar-refractivity contribution in [2.24, 2.45) is 0 Å². The second-order valence-corrected chi connectivity index (χ2v) is 4.71. The number of benzene rings is 1. The molecule has 1 amide bonds. The second kappa shape index (κ2) is 7.40. The molecule has 2 aromatic rings. The molecule has 2 N–H and O–H groups in total. The first kappa shape index (κ1) is 15.0. The summed E-state index contributed by atoms with van der Waals surface area (Å²) in [6.07, 6.45) is 3.32. The van der Waals surface area contributed by atoms with E-state index in [-0.39, 0.29) is 11.9 Å². The number of carbonyl (C=O) groups is 1. The van der Waals surface area contributed by atoms with Gasteiger partial charge in [-0.05, 0) is 44.3 Å². The Morgan fingerprint density at radius 3 is 2.71 bits per heavy atom. The predicted molar refractivity (Wildman–Crippen MR) is 81.6 cm³/mol. The molecule has 0 aliphatic heterocycles. The van der Waals surface area contributed by atoms with E-state index in [1.165, 1.54) is 0 Å². The summed E-state index contributed by atoms with van der Waals surface area (Å²) in [7, 11) is 1.86. The van der Waals surface area contributed by atoms with Gasteiger partial charge in [-0.25, -0.2) is 0 Å². The van der Waals surface area contributed by atoms with Gasteiger partial charge in [0.1, 0.15) is 11.5 Å². The molecule has 0 saturated heterocycles. The standard InChI is InChI=1S/C16H19N3O2/c1-12(17-2)11-19-16(20)13-4-3-5-15(10-13)21-14-6-8-18-9-7-14/h3-10,12,17H,11H2,1-2H3,(H,19,20). The van der Waals surface area contributed by atoms with E-state index in [1.54, 1.807) is 42.7 Å². The lowest BCUT2D eigenvalue weighted by Gasteiger charge is -2.12. The highest BCUT2D eigenvalue weighted by Crippen LogP contribution is 2.21. The van der Waals surface area contributed by atoms with Gasteiger partial charge in [-0.2, -0.15) is 0 Å². The molecule has 0 saturated carbocycles. The van der Waals surface area contributed by atoms with Crippen LogP contribution in [0.5, 0.6) is 11.5 Å². The van der Waals surface area contributed by atoms with Crippen LogP contribution in [0.15, 0.2) is 48.8 Å². The van der Waals surface area contributed by atoms with E-state index in [9.17, 15) is 4.79 Å². The van der Waals surface area contributed by atoms with Crippen molar-refractivity contribution in [3.63, 3.8) is 0 Å². The summed E-state index contributed by atoms with van der Waals surface area (Å²) < 4.78 is 5.68. The molecule has 1 aromatic heterocycles. The quantitative estimate of drug-likeness (QED) is 0.854. The van der Waals surface area contributed by atoms with Gasteiger partial charge in [0.05, 0.1) is 0 Å². The summed E-state index contributed by atoms with van der Waals surface area (Å²) in [4.78, 5) is 16.0. The van der Waals surface area contributed by atoms with E-state index < -0.39 is 0 Å². The number of hydrogen-bond acceptors (Lipinski definition) is 4. The number of nitrogens with one attached hydrogen (secondary N) is 2. The fourth-order valence-electron chi connectivity index (χ4n) is 1.69. The average molecular weight is 285 g/mol. The summed E-state index contributed by atoms with van der Waals surface area (Å²) in [6, 6.07) is 10.9. The molecule has 21 heavy (non-hydrogen) atoms. The van der Waals surface area contributed by atoms with E-state index in [0.717, 1.165) is 0 Å². The smallest absolute Gasteiger partial charge is 0.251 e. The Labute approximate surface area is 124 Å². The first-order valence-corrected chi connectivity index (χ1v) is 6.82. The van der Waals surface area contributed by atoms with Gasteiger partial charge < -0.3 is 15.4 Å². The topological polar surface area (TPSA) is 63.2 Å². The molecule has 5 nitrogen and oxygen atoms in total. The Hall–Kier alpha value is -2.40. The molecular formula is C16H19N3O2. The number of carbonyl (C=O) groups excluding carboxylic acids is 1. The largest absolute Gasteiger partial charge is 0.457 e. The van der Waals surface area contributed by atoms with Crippen molar-refractivity contribution in [3.05, 3.63) is 54.4 Å². The third-order valence-corrected chi connectivity index (χ3v) is 3.04. The van der Waals surface area contributed by atoms with Crippen molar-refractivity contribution >= 4 is 5.91 Å². The molecule has 110 valence electrons. The van der Waals surface area contributed by atoms with E-state index in [4.69, 9.17) is 4.74 Å². The molecule has 0 aliphatic carbocycles. The molecule has 0 spiro atoms. The van der Waals surface area contributed by atoms with Crippen LogP contribution < -0.4 is 15.4 Å². The Kier molecular flexibility index (Phi) is 5.29. The second-order valence-electron chi connectivity index (χ2n) is 4.71. The van der Waals surface area contributed by atoms with Crippen LogP contribution in [0.25, 0.3) is 0 Å². The minimum atomic E-state index is -0.114. The lowest BCUT2D eigenvalue weighted by molar-refractivity contribution is 0.0950. The van der Waals surface area contributed by atoms with E-state index in [1.807, 2.05) is 20.0 Å². The lowest BCUT2D eigenvalue weighted by atomic mass is 10.2. The van der Waals surface area contributed by atoms with Crippen molar-refractivity contribution in [1.82, 2.24) is 15.6 Å². The zero-order valence-corrected chi connectivity index (χ0v) is 12.2. The Morgan fingerprint density at radius 1 is 1.24 bits per heavy atom. The Bertz CT molecular complexity index is 587. The first-order valence-electron chi connectivity index (χ1n) is 6.82. The molecule has 2 rings (SSSR count). The maximum absolute atomic E-state index is 12.1. The van der Waals surface area contributed by atoms with Gasteiger partial charge in [0.15, 0.2) is 0 Å². The predicted octanol–water partition coefficient (Wildman–Crippen LogP) is 2.21. The number of nitrogens with zero attached hydrogens (tertiary/aromatic N) is 1. The highest BCUT2D eigenvalue weighted by atomic mass is 16.5. The van der Waals surface area contributed by atoms with Crippen LogP contribution in [0.2, 0.25) is 0 Å². The number of amides is 1. The molecule has 1 atom stereocenters. The van der Waals surface area contributed by atoms with Crippen LogP contribution in [0, 0.1) is 0 Å². The molecule has 0 radical (unpaired) electrons. The molecule has 1 heterocycles. The number of ether oxygens (including phenoxy) is 1. The number of pyridine rings is 1. The third-order valence-electron chi connectivity index (χ3n) is 3.04. The van der Waals surface area contributed by atoms with E-state index in [2.05, 4.69) is 15.6 Å². The van der Waals surface area contributed by atoms with Crippen LogP contribution >= 0.6 is 0 Å². The van der Waals surface area contributed by atoms with Gasteiger partial charge in [0.2, 0.25) is 0 Å². The average Bonchev–Trinajstić information content (AvgIpc) is 2.53. The van der Waals surface area contributed by atoms with Gasteiger partial charge in [0.25, 0.3) is 5.91 Å². The number of rotatable bonds is 6. The van der Waals surface area contributed by atoms with Crippen LogP contribution in [0.3, 0.4) is 0 Å². The van der Waals surface area contributed by atoms with Crippen molar-refractivity contribution in [3.8, 4) is 11.5 Å². The van der Waals surface area contributed by atoms with Crippen molar-refractivity contribution in [1.29, 1.82) is 0 Å². The van der Waals surface area contributed by atoms with Crippen LogP contribution in [-0.2, 0) is 0 Å². The monoisotopic (exact) mass is 285 g/mol. The number of likely N-dealkylation sites (N-methyl/N-ethyl adjacent to an activating group) is 1. The molecule has 0 aliphatic rings. The van der Waals surface area contributed by atoms with Crippen LogP contribution in [-0.4, -0.2) is 30.5 Å². The Morgan fingerprint density at radius 2 is 2.00 bits per heavy atom. The van der Waals surface area contributed by atoms with Crippen molar-refractivity contribution < 1.29 is 9.53 Å². The van der Waals surface area contributed by atoms with Gasteiger partial charge in [0, 0.05) is 30.5 Å². The van der Waals surface area contributed by atoms with Crippen LogP contribution in [0.1, 0.15) is 17.3 Å². The lowest BCUT2D eigenvalue weighted by Crippen LogP contribution is -2.37. The summed E-state index contributed by atoms with van der Waals surface area (Å²) in [6.45, 7) is 2.58. The zero-order chi connectivity index (χ0) is 15.1. The SMILES string of the molecule is CNC(C)CNC(=O)c1cccc(Oc2ccncc2)c1. The van der Waals surface area contributed by atoms with Crippen molar-refractivity contribution in [2.75, 3.05) is 13.6 Å². The zero-order valence-electron chi connectivity index (χ0n) is 12.2. The van der Waals surface area contributed by atoms with Gasteiger partial charge in [-0.3, -0.25) is 9.78 Å². The minimum Gasteiger partial charge on any atom is -0.457 e. The maximum atomic E-state index is 12.1. The van der Waals surface area contributed by atoms with Gasteiger partial charge in [-0.15, -0.1) is 0 Å². The maximum Gasteiger partial charge on any atom is 0.251 e. The fraction of sp³-hybridized carbons (Fsp3) is 0.250. The molecule has 5 heteroatoms. The molecule has 1 aromatic carbocycles. The summed E-state index contributed by atoms with van der Waals surface area (Å²) in [5, 5.41) is 5.94. The van der Waals surface area contributed by atoms with E-state index in [0.29, 0.717) is 23.6 Å². The van der Waals surface area contributed by atoms with Crippen molar-refractivity contribution in [2.45, 2.75) is 13.0 Å². The fourth-order valence-corrected chi connectivity index (χ4v) is 1.69.